The van der Waals surface area contributed by atoms with Gasteiger partial charge < -0.3 is 0 Å². The molecule has 3 aromatic heterocycles. The molecule has 8 heteroatoms. The van der Waals surface area contributed by atoms with Crippen LogP contribution in [0.5, 0.6) is 0 Å². The number of hydrogen-bond acceptors (Lipinski definition) is 5. The molecule has 0 N–H and O–H groups in total. The molecule has 0 aliphatic heterocycles. The molecule has 0 fully saturated rings. The first kappa shape index (κ1) is 17.0. The van der Waals surface area contributed by atoms with Crippen LogP contribution in [0.4, 0.5) is 14.5 Å². The van der Waals surface area contributed by atoms with Crippen molar-refractivity contribution in [3.63, 3.8) is 0 Å². The zero-order valence-electron chi connectivity index (χ0n) is 13.2. The zero-order chi connectivity index (χ0) is 17.9. The van der Waals surface area contributed by atoms with Crippen LogP contribution in [0.3, 0.4) is 0 Å². The number of thiophene rings is 2. The number of halogens is 2. The molecule has 0 amide bonds. The van der Waals surface area contributed by atoms with Gasteiger partial charge in [-0.3, -0.25) is 0 Å². The van der Waals surface area contributed by atoms with E-state index in [1.165, 1.54) is 23.5 Å². The van der Waals surface area contributed by atoms with Crippen LogP contribution in [0.1, 0.15) is 5.56 Å². The van der Waals surface area contributed by atoms with Gasteiger partial charge >= 0.3 is 0 Å². The fourth-order valence-electron chi connectivity index (χ4n) is 2.23. The molecular formula is C18H11F2N3S3. The van der Waals surface area contributed by atoms with Gasteiger partial charge in [-0.05, 0) is 40.4 Å². The minimum atomic E-state index is -0.704. The fourth-order valence-corrected chi connectivity index (χ4v) is 4.48. The van der Waals surface area contributed by atoms with Gasteiger partial charge in [-0.25, -0.2) is 18.4 Å². The van der Waals surface area contributed by atoms with Gasteiger partial charge in [-0.2, -0.15) is 16.4 Å². The van der Waals surface area contributed by atoms with E-state index < -0.39 is 11.6 Å². The molecule has 0 bridgehead atoms. The third-order valence-electron chi connectivity index (χ3n) is 3.45. The summed E-state index contributed by atoms with van der Waals surface area (Å²) in [5.41, 5.74) is 1.92. The van der Waals surface area contributed by atoms with Gasteiger partial charge in [0.25, 0.3) is 0 Å². The number of nitrogens with zero attached hydrogens (tertiary/aromatic N) is 3. The monoisotopic (exact) mass is 403 g/mol. The molecule has 4 rings (SSSR count). The standard InChI is InChI=1S/C18H11F2N3S3/c19-13-3-4-15(14(20)8-13)22-18-23(21-9-12-5-7-24-10-12)16(11-26-18)17-2-1-6-25-17/h1-11H. The molecule has 0 unspecified atom stereocenters. The molecular weight excluding hydrogens is 392 g/mol. The number of hydrogen-bond donors (Lipinski definition) is 0. The SMILES string of the molecule is Fc1ccc(N=c2scc(-c3cccs3)n2N=Cc2ccsc2)c(F)c1. The van der Waals surface area contributed by atoms with Crippen molar-refractivity contribution in [1.29, 1.82) is 0 Å². The lowest BCUT2D eigenvalue weighted by molar-refractivity contribution is 0.584. The summed E-state index contributed by atoms with van der Waals surface area (Å²) in [4.78, 5) is 5.88. The Balaban J connectivity index is 1.85. The molecule has 3 heterocycles. The van der Waals surface area contributed by atoms with Crippen LogP contribution in [0.25, 0.3) is 10.6 Å². The van der Waals surface area contributed by atoms with Crippen molar-refractivity contribution in [1.82, 2.24) is 4.68 Å². The van der Waals surface area contributed by atoms with E-state index in [-0.39, 0.29) is 5.69 Å². The lowest BCUT2D eigenvalue weighted by atomic mass is 10.3. The van der Waals surface area contributed by atoms with E-state index in [2.05, 4.69) is 10.1 Å². The number of thiazole rings is 1. The van der Waals surface area contributed by atoms with Crippen LogP contribution in [0.15, 0.2) is 68.0 Å². The maximum Gasteiger partial charge on any atom is 0.211 e. The van der Waals surface area contributed by atoms with Gasteiger partial charge in [0.2, 0.25) is 4.80 Å². The second kappa shape index (κ2) is 7.45. The molecule has 0 atom stereocenters. The summed E-state index contributed by atoms with van der Waals surface area (Å²) in [5, 5.41) is 12.4. The first-order chi connectivity index (χ1) is 12.7. The lowest BCUT2D eigenvalue weighted by Gasteiger charge is -2.01. The van der Waals surface area contributed by atoms with Crippen molar-refractivity contribution in [3.8, 4) is 10.6 Å². The summed E-state index contributed by atoms with van der Waals surface area (Å²) in [7, 11) is 0. The summed E-state index contributed by atoms with van der Waals surface area (Å²) >= 11 is 4.52. The van der Waals surface area contributed by atoms with Crippen molar-refractivity contribution < 1.29 is 8.78 Å². The second-order valence-electron chi connectivity index (χ2n) is 5.20. The minimum absolute atomic E-state index is 0.0745. The second-order valence-corrected chi connectivity index (χ2v) is 7.77. The topological polar surface area (TPSA) is 29.6 Å². The Hall–Kier alpha value is -2.42. The average molecular weight is 404 g/mol. The Labute approximate surface area is 159 Å². The van der Waals surface area contributed by atoms with Crippen LogP contribution in [-0.4, -0.2) is 10.9 Å². The van der Waals surface area contributed by atoms with Crippen molar-refractivity contribution in [2.75, 3.05) is 0 Å². The smallest absolute Gasteiger partial charge is 0.211 e. The summed E-state index contributed by atoms with van der Waals surface area (Å²) in [6, 6.07) is 9.25. The Morgan fingerprint density at radius 1 is 1.00 bits per heavy atom. The number of aromatic nitrogens is 1. The van der Waals surface area contributed by atoms with Gasteiger partial charge in [-0.1, -0.05) is 6.07 Å². The van der Waals surface area contributed by atoms with E-state index in [9.17, 15) is 8.78 Å². The highest BCUT2D eigenvalue weighted by molar-refractivity contribution is 7.14. The van der Waals surface area contributed by atoms with E-state index in [1.54, 1.807) is 33.6 Å². The van der Waals surface area contributed by atoms with Gasteiger partial charge in [0.15, 0.2) is 5.82 Å². The van der Waals surface area contributed by atoms with E-state index >= 15 is 0 Å². The molecule has 1 aromatic carbocycles. The van der Waals surface area contributed by atoms with Crippen molar-refractivity contribution in [2.24, 2.45) is 10.1 Å². The molecule has 26 heavy (non-hydrogen) atoms. The lowest BCUT2D eigenvalue weighted by Crippen LogP contribution is -2.11. The molecule has 0 radical (unpaired) electrons. The molecule has 0 saturated carbocycles. The first-order valence-corrected chi connectivity index (χ1v) is 10.2. The average Bonchev–Trinajstić information content (AvgIpc) is 3.37. The van der Waals surface area contributed by atoms with Gasteiger partial charge in [0.1, 0.15) is 11.5 Å². The maximum atomic E-state index is 14.0. The van der Waals surface area contributed by atoms with Gasteiger partial charge in [0.05, 0.1) is 16.8 Å². The highest BCUT2D eigenvalue weighted by atomic mass is 32.1. The normalized spacial score (nSPS) is 12.3. The Bertz CT molecular complexity index is 1110. The third-order valence-corrected chi connectivity index (χ3v) is 5.86. The fraction of sp³-hybridized carbons (Fsp3) is 0. The predicted octanol–water partition coefficient (Wildman–Crippen LogP) is 5.73. The Morgan fingerprint density at radius 2 is 1.92 bits per heavy atom. The highest BCUT2D eigenvalue weighted by Crippen LogP contribution is 2.26. The summed E-state index contributed by atoms with van der Waals surface area (Å²) < 4.78 is 28.8. The summed E-state index contributed by atoms with van der Waals surface area (Å²) in [6.45, 7) is 0. The van der Waals surface area contributed by atoms with Crippen molar-refractivity contribution in [2.45, 2.75) is 0 Å². The minimum Gasteiger partial charge on any atom is -0.217 e. The van der Waals surface area contributed by atoms with Crippen molar-refractivity contribution in [3.05, 3.63) is 79.9 Å². The van der Waals surface area contributed by atoms with Crippen LogP contribution in [-0.2, 0) is 0 Å². The van der Waals surface area contributed by atoms with Gasteiger partial charge in [0, 0.05) is 17.0 Å². The summed E-state index contributed by atoms with van der Waals surface area (Å²) in [6.07, 6.45) is 1.74. The third kappa shape index (κ3) is 3.57. The maximum absolute atomic E-state index is 14.0. The van der Waals surface area contributed by atoms with Crippen LogP contribution >= 0.6 is 34.0 Å². The van der Waals surface area contributed by atoms with E-state index in [0.717, 1.165) is 22.2 Å². The molecule has 130 valence electrons. The highest BCUT2D eigenvalue weighted by Gasteiger charge is 2.10. The van der Waals surface area contributed by atoms with Crippen molar-refractivity contribution >= 4 is 45.9 Å². The molecule has 0 aliphatic rings. The van der Waals surface area contributed by atoms with Crippen LogP contribution in [0.2, 0.25) is 0 Å². The molecule has 4 aromatic rings. The largest absolute Gasteiger partial charge is 0.217 e. The number of benzene rings is 1. The Kier molecular flexibility index (Phi) is 4.87. The van der Waals surface area contributed by atoms with Gasteiger partial charge in [-0.15, -0.1) is 22.7 Å². The van der Waals surface area contributed by atoms with E-state index in [4.69, 9.17) is 0 Å². The van der Waals surface area contributed by atoms with E-state index in [1.807, 2.05) is 39.7 Å². The molecule has 3 nitrogen and oxygen atoms in total. The van der Waals surface area contributed by atoms with Crippen LogP contribution in [0, 0.1) is 11.6 Å². The quantitative estimate of drug-likeness (QED) is 0.389. The molecule has 0 saturated heterocycles. The summed E-state index contributed by atoms with van der Waals surface area (Å²) in [5.74, 6) is -1.33. The zero-order valence-corrected chi connectivity index (χ0v) is 15.6. The number of rotatable bonds is 4. The molecule has 0 spiro atoms. The van der Waals surface area contributed by atoms with Crippen LogP contribution < -0.4 is 4.80 Å². The van der Waals surface area contributed by atoms with E-state index in [0.29, 0.717) is 4.80 Å². The Morgan fingerprint density at radius 3 is 2.65 bits per heavy atom. The predicted molar refractivity (Wildman–Crippen MR) is 105 cm³/mol. The first-order valence-electron chi connectivity index (χ1n) is 7.51. The molecule has 0 aliphatic carbocycles.